The molecule has 11 aromatic carbocycles. The second-order valence-corrected chi connectivity index (χ2v) is 16.1. The molecule has 296 valence electrons. The van der Waals surface area contributed by atoms with Crippen LogP contribution in [0, 0.1) is 0 Å². The molecule has 0 heterocycles. The van der Waals surface area contributed by atoms with E-state index in [0.29, 0.717) is 0 Å². The summed E-state index contributed by atoms with van der Waals surface area (Å²) in [7, 11) is 0. The zero-order valence-corrected chi connectivity index (χ0v) is 34.8. The van der Waals surface area contributed by atoms with Gasteiger partial charge in [0.2, 0.25) is 0 Å². The van der Waals surface area contributed by atoms with Gasteiger partial charge in [-0.25, -0.2) is 0 Å². The first-order valence-corrected chi connectivity index (χ1v) is 21.7. The Morgan fingerprint density at radius 1 is 0.206 bits per heavy atom. The molecule has 0 aromatic heterocycles. The van der Waals surface area contributed by atoms with E-state index in [4.69, 9.17) is 0 Å². The lowest BCUT2D eigenvalue weighted by Crippen LogP contribution is -2.11. The highest BCUT2D eigenvalue weighted by Gasteiger charge is 2.20. The summed E-state index contributed by atoms with van der Waals surface area (Å²) in [6.07, 6.45) is 0. The van der Waals surface area contributed by atoms with Crippen LogP contribution in [0.1, 0.15) is 0 Å². The summed E-state index contributed by atoms with van der Waals surface area (Å²) in [4.78, 5) is 2.43. The molecule has 1 heteroatoms. The van der Waals surface area contributed by atoms with Crippen LogP contribution in [0.3, 0.4) is 0 Å². The summed E-state index contributed by atoms with van der Waals surface area (Å²) in [6, 6.07) is 94.7. The fraction of sp³-hybridized carbons (Fsp3) is 0. The van der Waals surface area contributed by atoms with Crippen LogP contribution in [0.25, 0.3) is 88.3 Å². The number of fused-ring (bicyclic) bond motifs is 2. The first kappa shape index (κ1) is 37.7. The van der Waals surface area contributed by atoms with Crippen LogP contribution in [0.15, 0.2) is 261 Å². The Balaban J connectivity index is 1.06. The van der Waals surface area contributed by atoms with Crippen molar-refractivity contribution in [3.8, 4) is 66.8 Å². The first-order valence-electron chi connectivity index (χ1n) is 21.7. The number of hydrogen-bond acceptors (Lipinski definition) is 1. The predicted molar refractivity (Wildman–Crippen MR) is 269 cm³/mol. The van der Waals surface area contributed by atoms with E-state index < -0.39 is 0 Å². The third-order valence-corrected chi connectivity index (χ3v) is 12.3. The average molecular weight is 802 g/mol. The lowest BCUT2D eigenvalue weighted by molar-refractivity contribution is 1.28. The van der Waals surface area contributed by atoms with Crippen molar-refractivity contribution in [1.29, 1.82) is 0 Å². The lowest BCUT2D eigenvalue weighted by atomic mass is 9.91. The SMILES string of the molecule is c1ccc(-c2ccc(-c3ccc(N(c4ccc(-c5ccc6ccccc6c5)cc4)c4cc(-c5cccc6ccccc56)ccc4-c4ccccc4)cc3)cc2-c2ccccc2)cc1. The molecule has 63 heavy (non-hydrogen) atoms. The van der Waals surface area contributed by atoms with Crippen molar-refractivity contribution >= 4 is 38.6 Å². The number of anilines is 3. The van der Waals surface area contributed by atoms with Gasteiger partial charge < -0.3 is 4.90 Å². The molecular formula is C62H43N. The maximum absolute atomic E-state index is 2.43. The highest BCUT2D eigenvalue weighted by molar-refractivity contribution is 5.99. The molecule has 0 amide bonds. The molecule has 0 bridgehead atoms. The van der Waals surface area contributed by atoms with Gasteiger partial charge in [-0.3, -0.25) is 0 Å². The van der Waals surface area contributed by atoms with Crippen molar-refractivity contribution in [2.45, 2.75) is 0 Å². The van der Waals surface area contributed by atoms with Crippen LogP contribution < -0.4 is 4.90 Å². The quantitative estimate of drug-likeness (QED) is 0.141. The van der Waals surface area contributed by atoms with E-state index in [1.807, 2.05) is 0 Å². The van der Waals surface area contributed by atoms with E-state index in [1.165, 1.54) is 77.2 Å². The molecule has 11 rings (SSSR count). The highest BCUT2D eigenvalue weighted by atomic mass is 15.1. The molecule has 0 aliphatic rings. The second-order valence-electron chi connectivity index (χ2n) is 16.1. The fourth-order valence-electron chi connectivity index (χ4n) is 9.07. The zero-order valence-electron chi connectivity index (χ0n) is 34.8. The Hall–Kier alpha value is -8.26. The van der Waals surface area contributed by atoms with Gasteiger partial charge in [-0.05, 0) is 125 Å². The number of nitrogens with zero attached hydrogens (tertiary/aromatic N) is 1. The summed E-state index contributed by atoms with van der Waals surface area (Å²) in [5.41, 5.74) is 17.5. The van der Waals surface area contributed by atoms with Crippen LogP contribution in [0.5, 0.6) is 0 Å². The van der Waals surface area contributed by atoms with Gasteiger partial charge in [-0.15, -0.1) is 0 Å². The van der Waals surface area contributed by atoms with Gasteiger partial charge in [0.05, 0.1) is 5.69 Å². The van der Waals surface area contributed by atoms with Crippen molar-refractivity contribution in [2.75, 3.05) is 4.90 Å². The zero-order chi connectivity index (χ0) is 42.0. The predicted octanol–water partition coefficient (Wildman–Crippen LogP) is 17.5. The molecule has 0 radical (unpaired) electrons. The van der Waals surface area contributed by atoms with Gasteiger partial charge in [-0.2, -0.15) is 0 Å². The molecule has 0 aliphatic heterocycles. The molecule has 0 aliphatic carbocycles. The van der Waals surface area contributed by atoms with Gasteiger partial charge in [0.25, 0.3) is 0 Å². The molecule has 0 spiro atoms. The van der Waals surface area contributed by atoms with Gasteiger partial charge >= 0.3 is 0 Å². The Morgan fingerprint density at radius 3 is 1.32 bits per heavy atom. The molecule has 0 unspecified atom stereocenters. The Bertz CT molecular complexity index is 3350. The standard InChI is InChI=1S/C62H43N/c1-4-16-47(17-5-1)59-39-33-53(42-61(59)50-20-8-3-9-21-50)46-31-37-56(38-32-46)63(55-35-29-45(30-36-55)52-28-27-44-15-10-11-23-51(44)41-52)62-43-54(34-40-60(62)49-18-6-2-7-19-49)58-26-14-24-48-22-12-13-25-57(48)58/h1-43H. The number of hydrogen-bond donors (Lipinski definition) is 0. The average Bonchev–Trinajstić information content (AvgIpc) is 3.37. The summed E-state index contributed by atoms with van der Waals surface area (Å²) >= 11 is 0. The summed E-state index contributed by atoms with van der Waals surface area (Å²) < 4.78 is 0. The molecule has 0 fully saturated rings. The Kier molecular flexibility index (Phi) is 9.97. The minimum atomic E-state index is 1.08. The number of rotatable bonds is 9. The van der Waals surface area contributed by atoms with Crippen LogP contribution in [-0.2, 0) is 0 Å². The molecule has 0 N–H and O–H groups in total. The molecule has 1 nitrogen and oxygen atoms in total. The van der Waals surface area contributed by atoms with Gasteiger partial charge in [0, 0.05) is 16.9 Å². The van der Waals surface area contributed by atoms with E-state index in [2.05, 4.69) is 266 Å². The fourth-order valence-corrected chi connectivity index (χ4v) is 9.07. The molecule has 11 aromatic rings. The maximum Gasteiger partial charge on any atom is 0.0546 e. The van der Waals surface area contributed by atoms with Gasteiger partial charge in [-0.1, -0.05) is 218 Å². The molecule has 0 saturated heterocycles. The van der Waals surface area contributed by atoms with E-state index in [-0.39, 0.29) is 0 Å². The van der Waals surface area contributed by atoms with E-state index >= 15 is 0 Å². The van der Waals surface area contributed by atoms with Crippen LogP contribution in [0.2, 0.25) is 0 Å². The van der Waals surface area contributed by atoms with Crippen LogP contribution in [-0.4, -0.2) is 0 Å². The van der Waals surface area contributed by atoms with Crippen molar-refractivity contribution in [2.24, 2.45) is 0 Å². The molecule has 0 atom stereocenters. The van der Waals surface area contributed by atoms with Gasteiger partial charge in [0.1, 0.15) is 0 Å². The van der Waals surface area contributed by atoms with Crippen molar-refractivity contribution in [3.63, 3.8) is 0 Å². The molecule has 0 saturated carbocycles. The first-order chi connectivity index (χ1) is 31.2. The minimum Gasteiger partial charge on any atom is -0.310 e. The van der Waals surface area contributed by atoms with Crippen LogP contribution in [0.4, 0.5) is 17.1 Å². The normalized spacial score (nSPS) is 11.2. The Labute approximate surface area is 369 Å². The second kappa shape index (κ2) is 16.7. The van der Waals surface area contributed by atoms with E-state index in [9.17, 15) is 0 Å². The van der Waals surface area contributed by atoms with Crippen LogP contribution >= 0.6 is 0 Å². The monoisotopic (exact) mass is 801 g/mol. The highest BCUT2D eigenvalue weighted by Crippen LogP contribution is 2.45. The topological polar surface area (TPSA) is 3.24 Å². The van der Waals surface area contributed by atoms with Crippen molar-refractivity contribution in [3.05, 3.63) is 261 Å². The summed E-state index contributed by atoms with van der Waals surface area (Å²) in [5, 5.41) is 4.95. The van der Waals surface area contributed by atoms with E-state index in [0.717, 1.165) is 28.2 Å². The van der Waals surface area contributed by atoms with Crippen molar-refractivity contribution in [1.82, 2.24) is 0 Å². The number of benzene rings is 11. The Morgan fingerprint density at radius 2 is 0.667 bits per heavy atom. The summed E-state index contributed by atoms with van der Waals surface area (Å²) in [6.45, 7) is 0. The van der Waals surface area contributed by atoms with Crippen molar-refractivity contribution < 1.29 is 0 Å². The summed E-state index contributed by atoms with van der Waals surface area (Å²) in [5.74, 6) is 0. The third-order valence-electron chi connectivity index (χ3n) is 12.3. The third kappa shape index (κ3) is 7.47. The van der Waals surface area contributed by atoms with E-state index in [1.54, 1.807) is 0 Å². The van der Waals surface area contributed by atoms with Gasteiger partial charge in [0.15, 0.2) is 0 Å². The lowest BCUT2D eigenvalue weighted by Gasteiger charge is -2.29. The largest absolute Gasteiger partial charge is 0.310 e. The maximum atomic E-state index is 2.43. The smallest absolute Gasteiger partial charge is 0.0546 e. The minimum absolute atomic E-state index is 1.08. The molecular weight excluding hydrogens is 759 g/mol.